The van der Waals surface area contributed by atoms with Gasteiger partial charge in [0, 0.05) is 12.1 Å². The first kappa shape index (κ1) is 15.9. The van der Waals surface area contributed by atoms with Crippen molar-refractivity contribution in [3.63, 3.8) is 0 Å². The van der Waals surface area contributed by atoms with Gasteiger partial charge in [0.15, 0.2) is 0 Å². The monoisotopic (exact) mass is 288 g/mol. The molecule has 1 fully saturated rings. The number of rotatable bonds is 4. The summed E-state index contributed by atoms with van der Waals surface area (Å²) in [6, 6.07) is 4.37. The van der Waals surface area contributed by atoms with E-state index in [2.05, 4.69) is 10.6 Å². The zero-order valence-corrected chi connectivity index (χ0v) is 11.3. The summed E-state index contributed by atoms with van der Waals surface area (Å²) in [5, 5.41) is 14.9. The van der Waals surface area contributed by atoms with Crippen LogP contribution in [0.5, 0.6) is 0 Å². The number of benzene rings is 1. The molecule has 1 heterocycles. The molecule has 1 amide bonds. The molecule has 1 aromatic carbocycles. The number of nitrogens with one attached hydrogen (secondary N) is 2. The third-order valence-electron chi connectivity index (χ3n) is 3.12. The molecule has 0 aliphatic carbocycles. The molecular weight excluding hydrogens is 271 g/mol. The average Bonchev–Trinajstić information content (AvgIpc) is 2.91. The summed E-state index contributed by atoms with van der Waals surface area (Å²) in [6.45, 7) is 0.894. The highest BCUT2D eigenvalue weighted by atomic mass is 35.5. The van der Waals surface area contributed by atoms with Crippen LogP contribution in [0, 0.1) is 5.82 Å². The molecule has 6 heteroatoms. The highest BCUT2D eigenvalue weighted by Crippen LogP contribution is 2.11. The first-order valence-corrected chi connectivity index (χ1v) is 6.10. The lowest BCUT2D eigenvalue weighted by molar-refractivity contribution is -0.122. The lowest BCUT2D eigenvalue weighted by Crippen LogP contribution is -2.40. The molecular formula is C13H18ClFN2O2. The Bertz CT molecular complexity index is 437. The Morgan fingerprint density at radius 3 is 2.95 bits per heavy atom. The predicted octanol–water partition coefficient (Wildman–Crippen LogP) is 1.11. The third kappa shape index (κ3) is 4.16. The van der Waals surface area contributed by atoms with E-state index in [0.717, 1.165) is 24.9 Å². The minimum Gasteiger partial charge on any atom is -0.392 e. The van der Waals surface area contributed by atoms with Gasteiger partial charge in [-0.3, -0.25) is 4.79 Å². The molecule has 1 aromatic rings. The van der Waals surface area contributed by atoms with E-state index in [9.17, 15) is 9.18 Å². The smallest absolute Gasteiger partial charge is 0.237 e. The largest absolute Gasteiger partial charge is 0.392 e. The first-order valence-electron chi connectivity index (χ1n) is 6.10. The van der Waals surface area contributed by atoms with E-state index in [1.165, 1.54) is 6.07 Å². The molecule has 1 unspecified atom stereocenters. The lowest BCUT2D eigenvalue weighted by atomic mass is 10.1. The predicted molar refractivity (Wildman–Crippen MR) is 72.4 cm³/mol. The lowest BCUT2D eigenvalue weighted by Gasteiger charge is -2.11. The third-order valence-corrected chi connectivity index (χ3v) is 3.12. The molecule has 1 saturated heterocycles. The number of aliphatic hydroxyl groups excluding tert-OH is 1. The Balaban J connectivity index is 0.00000180. The van der Waals surface area contributed by atoms with Crippen LogP contribution in [0.25, 0.3) is 0 Å². The Morgan fingerprint density at radius 2 is 2.32 bits per heavy atom. The second-order valence-electron chi connectivity index (χ2n) is 4.45. The van der Waals surface area contributed by atoms with Crippen LogP contribution >= 0.6 is 12.4 Å². The SMILES string of the molecule is Cl.O=C(NCc1ccc(F)c(CO)c1)C1CCCN1. The van der Waals surface area contributed by atoms with Gasteiger partial charge in [0.25, 0.3) is 0 Å². The van der Waals surface area contributed by atoms with Crippen LogP contribution in [0.3, 0.4) is 0 Å². The van der Waals surface area contributed by atoms with Crippen molar-refractivity contribution >= 4 is 18.3 Å². The summed E-state index contributed by atoms with van der Waals surface area (Å²) in [5.41, 5.74) is 1.03. The van der Waals surface area contributed by atoms with Crippen molar-refractivity contribution < 1.29 is 14.3 Å². The van der Waals surface area contributed by atoms with Crippen molar-refractivity contribution in [2.75, 3.05) is 6.54 Å². The van der Waals surface area contributed by atoms with Gasteiger partial charge in [-0.05, 0) is 37.1 Å². The fourth-order valence-corrected chi connectivity index (χ4v) is 2.08. The normalized spacial score (nSPS) is 17.9. The Morgan fingerprint density at radius 1 is 1.53 bits per heavy atom. The van der Waals surface area contributed by atoms with Crippen LogP contribution in [0.15, 0.2) is 18.2 Å². The number of aliphatic hydroxyl groups is 1. The topological polar surface area (TPSA) is 61.4 Å². The second kappa shape index (κ2) is 7.43. The molecule has 1 aliphatic heterocycles. The summed E-state index contributed by atoms with van der Waals surface area (Å²) in [4.78, 5) is 11.7. The molecule has 0 spiro atoms. The van der Waals surface area contributed by atoms with Crippen LogP contribution in [-0.2, 0) is 17.9 Å². The molecule has 0 aromatic heterocycles. The molecule has 19 heavy (non-hydrogen) atoms. The van der Waals surface area contributed by atoms with Gasteiger partial charge in [0.05, 0.1) is 12.6 Å². The van der Waals surface area contributed by atoms with Gasteiger partial charge < -0.3 is 15.7 Å². The van der Waals surface area contributed by atoms with E-state index in [4.69, 9.17) is 5.11 Å². The number of amides is 1. The van der Waals surface area contributed by atoms with Crippen LogP contribution in [0.4, 0.5) is 4.39 Å². The van der Waals surface area contributed by atoms with E-state index in [1.54, 1.807) is 12.1 Å². The minimum absolute atomic E-state index is 0. The first-order chi connectivity index (χ1) is 8.70. The number of hydrogen-bond donors (Lipinski definition) is 3. The van der Waals surface area contributed by atoms with Crippen molar-refractivity contribution in [3.05, 3.63) is 35.1 Å². The molecule has 0 bridgehead atoms. The standard InChI is InChI=1S/C13H17FN2O2.ClH/c14-11-4-3-9(6-10(11)8-17)7-16-13(18)12-2-1-5-15-12;/h3-4,6,12,15,17H,1-2,5,7-8H2,(H,16,18);1H. The molecule has 1 aliphatic rings. The highest BCUT2D eigenvalue weighted by molar-refractivity contribution is 5.85. The van der Waals surface area contributed by atoms with Crippen molar-refractivity contribution in [2.24, 2.45) is 0 Å². The molecule has 1 atom stereocenters. The maximum atomic E-state index is 13.2. The minimum atomic E-state index is -0.426. The van der Waals surface area contributed by atoms with Crippen LogP contribution < -0.4 is 10.6 Å². The fourth-order valence-electron chi connectivity index (χ4n) is 2.08. The van der Waals surface area contributed by atoms with Crippen molar-refractivity contribution in [3.8, 4) is 0 Å². The zero-order valence-electron chi connectivity index (χ0n) is 10.5. The fraction of sp³-hybridized carbons (Fsp3) is 0.462. The van der Waals surface area contributed by atoms with E-state index >= 15 is 0 Å². The Labute approximate surface area is 117 Å². The van der Waals surface area contributed by atoms with Crippen molar-refractivity contribution in [1.29, 1.82) is 0 Å². The van der Waals surface area contributed by atoms with Gasteiger partial charge in [0.1, 0.15) is 5.82 Å². The van der Waals surface area contributed by atoms with Gasteiger partial charge in [-0.25, -0.2) is 4.39 Å². The van der Waals surface area contributed by atoms with Crippen molar-refractivity contribution in [1.82, 2.24) is 10.6 Å². The molecule has 106 valence electrons. The molecule has 3 N–H and O–H groups in total. The summed E-state index contributed by atoms with van der Waals surface area (Å²) < 4.78 is 13.2. The van der Waals surface area contributed by atoms with E-state index in [-0.39, 0.29) is 36.5 Å². The van der Waals surface area contributed by atoms with E-state index < -0.39 is 5.82 Å². The number of halogens is 2. The summed E-state index contributed by atoms with van der Waals surface area (Å²) >= 11 is 0. The van der Waals surface area contributed by atoms with Crippen LogP contribution in [0.2, 0.25) is 0 Å². The molecule has 0 saturated carbocycles. The highest BCUT2D eigenvalue weighted by Gasteiger charge is 2.21. The van der Waals surface area contributed by atoms with Crippen LogP contribution in [-0.4, -0.2) is 23.6 Å². The molecule has 2 rings (SSSR count). The van der Waals surface area contributed by atoms with E-state index in [0.29, 0.717) is 6.54 Å². The molecule has 4 nitrogen and oxygen atoms in total. The maximum Gasteiger partial charge on any atom is 0.237 e. The quantitative estimate of drug-likeness (QED) is 0.778. The maximum absolute atomic E-state index is 13.2. The Hall–Kier alpha value is -1.17. The van der Waals surface area contributed by atoms with Crippen molar-refractivity contribution in [2.45, 2.75) is 32.0 Å². The summed E-state index contributed by atoms with van der Waals surface area (Å²) in [7, 11) is 0. The summed E-state index contributed by atoms with van der Waals surface area (Å²) in [5.74, 6) is -0.451. The number of hydrogen-bond acceptors (Lipinski definition) is 3. The van der Waals surface area contributed by atoms with Gasteiger partial charge in [-0.2, -0.15) is 0 Å². The zero-order chi connectivity index (χ0) is 13.0. The van der Waals surface area contributed by atoms with Crippen LogP contribution in [0.1, 0.15) is 24.0 Å². The van der Waals surface area contributed by atoms with Gasteiger partial charge in [-0.1, -0.05) is 6.07 Å². The Kier molecular flexibility index (Phi) is 6.21. The second-order valence-corrected chi connectivity index (χ2v) is 4.45. The van der Waals surface area contributed by atoms with E-state index in [1.807, 2.05) is 0 Å². The number of carbonyl (C=O) groups is 1. The van der Waals surface area contributed by atoms with Gasteiger partial charge in [0.2, 0.25) is 5.91 Å². The number of carbonyl (C=O) groups excluding carboxylic acids is 1. The molecule has 0 radical (unpaired) electrons. The van der Waals surface area contributed by atoms with Gasteiger partial charge in [-0.15, -0.1) is 12.4 Å². The van der Waals surface area contributed by atoms with Gasteiger partial charge >= 0.3 is 0 Å². The average molecular weight is 289 g/mol. The summed E-state index contributed by atoms with van der Waals surface area (Å²) in [6.07, 6.45) is 1.88.